The monoisotopic (exact) mass is 250 g/mol. The first-order valence-electron chi connectivity index (χ1n) is 7.23. The van der Waals surface area contributed by atoms with Crippen LogP contribution in [-0.4, -0.2) is 22.9 Å². The van der Waals surface area contributed by atoms with E-state index in [1.165, 1.54) is 12.8 Å². The molecule has 0 spiro atoms. The number of rotatable bonds is 7. The van der Waals surface area contributed by atoms with E-state index in [1.54, 1.807) is 0 Å². The molecule has 0 amide bonds. The Bertz CT molecular complexity index is 393. The van der Waals surface area contributed by atoms with E-state index in [-0.39, 0.29) is 0 Å². The van der Waals surface area contributed by atoms with Gasteiger partial charge in [0.15, 0.2) is 0 Å². The molecule has 2 rings (SSSR count). The van der Waals surface area contributed by atoms with Crippen molar-refractivity contribution >= 4 is 11.5 Å². The second-order valence-corrected chi connectivity index (χ2v) is 5.45. The molecule has 4 nitrogen and oxygen atoms in total. The lowest BCUT2D eigenvalue weighted by molar-refractivity contribution is 0.655. The van der Waals surface area contributed by atoms with E-state index in [2.05, 4.69) is 23.8 Å². The van der Waals surface area contributed by atoms with Crippen LogP contribution < -0.4 is 10.6 Å². The van der Waals surface area contributed by atoms with Gasteiger partial charge in [0, 0.05) is 20.1 Å². The summed E-state index contributed by atoms with van der Waals surface area (Å²) < 4.78 is 1.97. The third-order valence-electron chi connectivity index (χ3n) is 3.58. The number of hydrogen-bond acceptors (Lipinski definition) is 3. The van der Waals surface area contributed by atoms with E-state index in [9.17, 15) is 0 Å². The minimum absolute atomic E-state index is 0.875. The summed E-state index contributed by atoms with van der Waals surface area (Å²) in [7, 11) is 2.01. The fourth-order valence-electron chi connectivity index (χ4n) is 2.55. The lowest BCUT2D eigenvalue weighted by atomic mass is 10.2. The molecule has 0 saturated heterocycles. The summed E-state index contributed by atoms with van der Waals surface area (Å²) in [5.41, 5.74) is 8.25. The number of nitrogen functional groups attached to an aromatic ring is 1. The van der Waals surface area contributed by atoms with Gasteiger partial charge < -0.3 is 10.6 Å². The van der Waals surface area contributed by atoms with Gasteiger partial charge in [-0.25, -0.2) is 0 Å². The molecule has 0 bridgehead atoms. The Hall–Kier alpha value is -1.19. The van der Waals surface area contributed by atoms with Gasteiger partial charge in [-0.3, -0.25) is 4.68 Å². The highest BCUT2D eigenvalue weighted by molar-refractivity contribution is 5.66. The van der Waals surface area contributed by atoms with Gasteiger partial charge in [-0.1, -0.05) is 20.3 Å². The van der Waals surface area contributed by atoms with Gasteiger partial charge in [0.05, 0.1) is 11.4 Å². The Labute approximate surface area is 110 Å². The molecule has 1 fully saturated rings. The molecule has 1 aromatic heterocycles. The summed E-state index contributed by atoms with van der Waals surface area (Å²) in [5, 5.41) is 4.58. The number of aryl methyl sites for hydroxylation is 2. The highest BCUT2D eigenvalue weighted by atomic mass is 15.4. The first-order chi connectivity index (χ1) is 8.67. The Morgan fingerprint density at radius 3 is 2.61 bits per heavy atom. The van der Waals surface area contributed by atoms with Crippen molar-refractivity contribution in [2.75, 3.05) is 23.7 Å². The van der Waals surface area contributed by atoms with Gasteiger partial charge in [0.25, 0.3) is 0 Å². The number of nitrogens with two attached hydrogens (primary N) is 1. The molecule has 2 N–H and O–H groups in total. The third kappa shape index (κ3) is 2.79. The van der Waals surface area contributed by atoms with Gasteiger partial charge in [-0.2, -0.15) is 5.10 Å². The molecule has 1 saturated carbocycles. The van der Waals surface area contributed by atoms with E-state index >= 15 is 0 Å². The van der Waals surface area contributed by atoms with E-state index in [0.29, 0.717) is 0 Å². The highest BCUT2D eigenvalue weighted by Crippen LogP contribution is 2.34. The lowest BCUT2D eigenvalue weighted by Crippen LogP contribution is -2.29. The van der Waals surface area contributed by atoms with Crippen LogP contribution in [0.2, 0.25) is 0 Å². The molecule has 1 aliphatic carbocycles. The van der Waals surface area contributed by atoms with Crippen molar-refractivity contribution in [3.05, 3.63) is 5.69 Å². The first kappa shape index (κ1) is 13.2. The molecule has 18 heavy (non-hydrogen) atoms. The van der Waals surface area contributed by atoms with Crippen LogP contribution in [0.5, 0.6) is 0 Å². The topological polar surface area (TPSA) is 47.1 Å². The minimum Gasteiger partial charge on any atom is -0.394 e. The van der Waals surface area contributed by atoms with Crippen LogP contribution in [0.3, 0.4) is 0 Å². The lowest BCUT2D eigenvalue weighted by Gasteiger charge is -2.24. The molecular formula is C14H26N4. The normalized spacial score (nSPS) is 15.1. The van der Waals surface area contributed by atoms with Crippen molar-refractivity contribution in [3.8, 4) is 0 Å². The number of hydrogen-bond donors (Lipinski definition) is 1. The van der Waals surface area contributed by atoms with Gasteiger partial charge in [0.2, 0.25) is 0 Å². The summed E-state index contributed by atoms with van der Waals surface area (Å²) in [6.07, 6.45) is 5.97. The molecule has 0 unspecified atom stereocenters. The Morgan fingerprint density at radius 2 is 2.06 bits per heavy atom. The summed E-state index contributed by atoms with van der Waals surface area (Å²) in [4.78, 5) is 2.43. The molecule has 1 aromatic rings. The minimum atomic E-state index is 0.875. The summed E-state index contributed by atoms with van der Waals surface area (Å²) >= 11 is 0. The molecule has 1 heterocycles. The maximum Gasteiger partial charge on any atom is 0.150 e. The average molecular weight is 250 g/mol. The molecule has 0 atom stereocenters. The van der Waals surface area contributed by atoms with Crippen molar-refractivity contribution in [2.24, 2.45) is 13.0 Å². The van der Waals surface area contributed by atoms with E-state index < -0.39 is 0 Å². The van der Waals surface area contributed by atoms with E-state index in [0.717, 1.165) is 55.5 Å². The molecule has 1 aliphatic rings. The van der Waals surface area contributed by atoms with Crippen molar-refractivity contribution in [2.45, 2.75) is 46.0 Å². The average Bonchev–Trinajstić information content (AvgIpc) is 3.08. The Kier molecular flexibility index (Phi) is 4.15. The number of nitrogens with zero attached hydrogens (tertiary/aromatic N) is 3. The van der Waals surface area contributed by atoms with Gasteiger partial charge in [-0.05, 0) is 31.6 Å². The molecule has 0 aromatic carbocycles. The quantitative estimate of drug-likeness (QED) is 0.809. The van der Waals surface area contributed by atoms with E-state index in [1.807, 2.05) is 11.7 Å². The Morgan fingerprint density at radius 1 is 1.33 bits per heavy atom. The fraction of sp³-hybridized carbons (Fsp3) is 0.786. The predicted octanol–water partition coefficient (Wildman–Crippen LogP) is 2.58. The molecule has 0 radical (unpaired) electrons. The van der Waals surface area contributed by atoms with Crippen LogP contribution in [0.4, 0.5) is 11.5 Å². The van der Waals surface area contributed by atoms with Crippen LogP contribution in [0.15, 0.2) is 0 Å². The molecule has 0 aliphatic heterocycles. The summed E-state index contributed by atoms with van der Waals surface area (Å²) in [6, 6.07) is 0. The second-order valence-electron chi connectivity index (χ2n) is 5.45. The number of aromatic nitrogens is 2. The molecule has 102 valence electrons. The van der Waals surface area contributed by atoms with Crippen molar-refractivity contribution in [3.63, 3.8) is 0 Å². The van der Waals surface area contributed by atoms with Crippen LogP contribution >= 0.6 is 0 Å². The van der Waals surface area contributed by atoms with E-state index in [4.69, 9.17) is 5.73 Å². The Balaban J connectivity index is 2.21. The predicted molar refractivity (Wildman–Crippen MR) is 76.8 cm³/mol. The summed E-state index contributed by atoms with van der Waals surface area (Å²) in [5.74, 6) is 2.01. The second kappa shape index (κ2) is 5.63. The molecule has 4 heteroatoms. The molecular weight excluding hydrogens is 224 g/mol. The van der Waals surface area contributed by atoms with Crippen LogP contribution in [0, 0.1) is 5.92 Å². The zero-order valence-electron chi connectivity index (χ0n) is 11.9. The maximum absolute atomic E-state index is 6.29. The van der Waals surface area contributed by atoms with Gasteiger partial charge in [-0.15, -0.1) is 0 Å². The zero-order valence-corrected chi connectivity index (χ0v) is 11.9. The van der Waals surface area contributed by atoms with Crippen molar-refractivity contribution in [1.29, 1.82) is 0 Å². The SMILES string of the molecule is CCCc1nn(C)c(N(CCC)CC2CC2)c1N. The van der Waals surface area contributed by atoms with Crippen molar-refractivity contribution in [1.82, 2.24) is 9.78 Å². The summed E-state index contributed by atoms with van der Waals surface area (Å²) in [6.45, 7) is 6.61. The smallest absolute Gasteiger partial charge is 0.150 e. The largest absolute Gasteiger partial charge is 0.394 e. The van der Waals surface area contributed by atoms with Crippen LogP contribution in [0.25, 0.3) is 0 Å². The number of anilines is 2. The first-order valence-corrected chi connectivity index (χ1v) is 7.23. The third-order valence-corrected chi connectivity index (χ3v) is 3.58. The van der Waals surface area contributed by atoms with Crippen LogP contribution in [0.1, 0.15) is 45.2 Å². The van der Waals surface area contributed by atoms with Crippen molar-refractivity contribution < 1.29 is 0 Å². The fourth-order valence-corrected chi connectivity index (χ4v) is 2.55. The maximum atomic E-state index is 6.29. The van der Waals surface area contributed by atoms with Gasteiger partial charge in [0.1, 0.15) is 5.82 Å². The zero-order chi connectivity index (χ0) is 13.1. The standard InChI is InChI=1S/C14H26N4/c1-4-6-12-13(15)14(17(3)16-12)18(9-5-2)10-11-7-8-11/h11H,4-10,15H2,1-3H3. The van der Waals surface area contributed by atoms with Gasteiger partial charge >= 0.3 is 0 Å². The highest BCUT2D eigenvalue weighted by Gasteiger charge is 2.27. The van der Waals surface area contributed by atoms with Crippen LogP contribution in [-0.2, 0) is 13.5 Å².